The van der Waals surface area contributed by atoms with Gasteiger partial charge in [0, 0.05) is 65.7 Å². The molecule has 6 rings (SSSR count). The highest BCUT2D eigenvalue weighted by atomic mass is 79.9. The summed E-state index contributed by atoms with van der Waals surface area (Å²) in [7, 11) is -7.55. The van der Waals surface area contributed by atoms with E-state index in [1.807, 2.05) is 26.0 Å². The number of allylic oxidation sites excluding steroid dienone is 4. The molecule has 0 fully saturated rings. The van der Waals surface area contributed by atoms with Crippen LogP contribution in [0.1, 0.15) is 104 Å². The fourth-order valence-electron chi connectivity index (χ4n) is 8.96. The second-order valence-electron chi connectivity index (χ2n) is 16.3. The predicted molar refractivity (Wildman–Crippen MR) is 238 cm³/mol. The Morgan fingerprint density at radius 1 is 0.742 bits per heavy atom. The van der Waals surface area contributed by atoms with Gasteiger partial charge in [-0.25, -0.2) is 0 Å². The van der Waals surface area contributed by atoms with Crippen molar-refractivity contribution in [1.82, 2.24) is 0 Å². The number of anilines is 1. The van der Waals surface area contributed by atoms with Gasteiger partial charge < -0.3 is 31.4 Å². The molecule has 0 bridgehead atoms. The number of esters is 2. The van der Waals surface area contributed by atoms with Gasteiger partial charge in [0.25, 0.3) is 10.1 Å². The van der Waals surface area contributed by atoms with Crippen LogP contribution in [0.25, 0.3) is 21.5 Å². The molecule has 0 spiro atoms. The van der Waals surface area contributed by atoms with E-state index in [1.54, 1.807) is 12.1 Å². The molecule has 0 atom stereocenters. The number of benzene rings is 4. The van der Waals surface area contributed by atoms with Gasteiger partial charge in [-0.3, -0.25) is 14.1 Å². The van der Waals surface area contributed by atoms with Crippen LogP contribution in [0.4, 0.5) is 11.4 Å². The van der Waals surface area contributed by atoms with Gasteiger partial charge in [-0.15, -0.1) is 12.6 Å². The molecular formula is C47H57BrN2O10S2. The minimum absolute atomic E-state index is 0. The Kier molecular flexibility index (Phi) is 17.4. The van der Waals surface area contributed by atoms with Crippen molar-refractivity contribution in [2.45, 2.75) is 109 Å². The molecule has 62 heavy (non-hydrogen) atoms. The average Bonchev–Trinajstić information content (AvgIpc) is 3.55. The Morgan fingerprint density at radius 2 is 1.35 bits per heavy atom. The zero-order valence-corrected chi connectivity index (χ0v) is 39.5. The summed E-state index contributed by atoms with van der Waals surface area (Å²) in [6, 6.07) is 21.8. The normalized spacial score (nSPS) is 15.6. The van der Waals surface area contributed by atoms with Crippen LogP contribution >= 0.6 is 0 Å². The van der Waals surface area contributed by atoms with Crippen molar-refractivity contribution >= 4 is 71.3 Å². The molecule has 0 aliphatic carbocycles. The zero-order valence-electron chi connectivity index (χ0n) is 36.3. The second kappa shape index (κ2) is 21.6. The molecule has 334 valence electrons. The van der Waals surface area contributed by atoms with Gasteiger partial charge >= 0.3 is 22.5 Å². The highest BCUT2D eigenvalue weighted by molar-refractivity contribution is 7.86. The summed E-state index contributed by atoms with van der Waals surface area (Å²) in [6.07, 6.45) is 12.4. The highest BCUT2D eigenvalue weighted by Gasteiger charge is 2.46. The fourth-order valence-corrected chi connectivity index (χ4v) is 9.67. The third-order valence-corrected chi connectivity index (χ3v) is 12.4. The lowest BCUT2D eigenvalue weighted by Gasteiger charge is -2.27. The number of halogens is 1. The first-order valence-corrected chi connectivity index (χ1v) is 23.3. The number of rotatable bonds is 17. The summed E-state index contributed by atoms with van der Waals surface area (Å²) in [6.45, 7) is 14.9. The summed E-state index contributed by atoms with van der Waals surface area (Å²) in [5.41, 5.74) is 5.97. The van der Waals surface area contributed by atoms with Crippen LogP contribution < -0.4 is 21.9 Å². The number of fused-ring (bicyclic) bond motifs is 6. The summed E-state index contributed by atoms with van der Waals surface area (Å²) < 4.78 is 73.0. The van der Waals surface area contributed by atoms with Crippen molar-refractivity contribution < 1.29 is 66.2 Å². The van der Waals surface area contributed by atoms with E-state index in [1.165, 1.54) is 33.8 Å². The van der Waals surface area contributed by atoms with E-state index in [4.69, 9.17) is 22.1 Å². The molecule has 0 amide bonds. The number of ether oxygens (including phenoxy) is 2. The van der Waals surface area contributed by atoms with Crippen LogP contribution in [-0.4, -0.2) is 74.1 Å². The Bertz CT molecular complexity index is 2610. The number of hydrogen-bond donors (Lipinski definition) is 1. The van der Waals surface area contributed by atoms with Crippen molar-refractivity contribution in [1.29, 1.82) is 0 Å². The van der Waals surface area contributed by atoms with Crippen LogP contribution in [0.15, 0.2) is 95.6 Å². The van der Waals surface area contributed by atoms with E-state index < -0.39 is 26.1 Å². The molecule has 2 heterocycles. The minimum atomic E-state index is -4.44. The summed E-state index contributed by atoms with van der Waals surface area (Å²) in [4.78, 5) is 26.4. The smallest absolute Gasteiger partial charge is 0.425 e. The quantitative estimate of drug-likeness (QED) is 0.0563. The second-order valence-corrected chi connectivity index (χ2v) is 18.1. The largest absolute Gasteiger partial charge is 1.00 e. The SMILES string of the molecule is CCOC(=O)CCCCCN1/C(=C\C=C\C2=[N+](CCCCCC(=O)OCC)c3ccc4c(S(=O)(=O)O)cccc4c3C2(C)C)C(C)(C)c2c1ccc1ccccc21.O=S(=O)=O.[Br-]. The van der Waals surface area contributed by atoms with Crippen LogP contribution in [0.2, 0.25) is 0 Å². The molecule has 12 nitrogen and oxygen atoms in total. The molecule has 2 aliphatic rings. The minimum Gasteiger partial charge on any atom is -1.00 e. The molecule has 0 saturated heterocycles. The van der Waals surface area contributed by atoms with Gasteiger partial charge in [-0.1, -0.05) is 68.8 Å². The number of nitrogens with zero attached hydrogens (tertiary/aromatic N) is 2. The number of unbranched alkanes of at least 4 members (excludes halogenated alkanes) is 4. The van der Waals surface area contributed by atoms with Gasteiger partial charge in [-0.2, -0.15) is 13.0 Å². The molecule has 2 aliphatic heterocycles. The summed E-state index contributed by atoms with van der Waals surface area (Å²) in [5, 5.41) is 3.73. The molecule has 0 aromatic heterocycles. The molecule has 0 unspecified atom stereocenters. The zero-order chi connectivity index (χ0) is 44.5. The van der Waals surface area contributed by atoms with Crippen LogP contribution in [0.3, 0.4) is 0 Å². The third-order valence-electron chi connectivity index (χ3n) is 11.5. The van der Waals surface area contributed by atoms with Gasteiger partial charge in [0.2, 0.25) is 5.69 Å². The van der Waals surface area contributed by atoms with Gasteiger partial charge in [0.15, 0.2) is 5.71 Å². The van der Waals surface area contributed by atoms with Gasteiger partial charge in [-0.05, 0) is 99.4 Å². The molecular weight excluding hydrogens is 897 g/mol. The van der Waals surface area contributed by atoms with Crippen molar-refractivity contribution in [3.63, 3.8) is 0 Å². The summed E-state index contributed by atoms with van der Waals surface area (Å²) in [5.74, 6) is -0.320. The average molecular weight is 954 g/mol. The van der Waals surface area contributed by atoms with E-state index in [0.717, 1.165) is 67.4 Å². The van der Waals surface area contributed by atoms with E-state index in [-0.39, 0.29) is 39.2 Å². The fraction of sp³-hybridized carbons (Fsp3) is 0.426. The van der Waals surface area contributed by atoms with Crippen molar-refractivity contribution in [2.75, 3.05) is 31.2 Å². The lowest BCUT2D eigenvalue weighted by atomic mass is 9.79. The lowest BCUT2D eigenvalue weighted by molar-refractivity contribution is -0.438. The standard InChI is InChI=1S/C47H56N2O7S.BrH.O3S/c1-7-55-42(50)25-11-9-15-31-48-37-29-27-33-19-13-14-20-34(33)44(37)46(3,4)40(48)23-18-24-41-47(5,6)45-36-21-17-22-39(57(52,53)54)35(36)28-30-38(45)49(41)32-16-10-12-26-43(51)56-8-2;;1-4(2)3/h13-14,17-24,27-30H,7-12,15-16,25-26,31-32H2,1-6H3;1H;. The molecule has 1 N–H and O–H groups in total. The highest BCUT2D eigenvalue weighted by Crippen LogP contribution is 2.51. The Labute approximate surface area is 377 Å². The molecule has 4 aromatic rings. The van der Waals surface area contributed by atoms with Crippen molar-refractivity contribution in [3.8, 4) is 0 Å². The number of carbonyl (C=O) groups is 2. The first-order valence-electron chi connectivity index (χ1n) is 20.9. The Morgan fingerprint density at radius 3 is 1.98 bits per heavy atom. The predicted octanol–water partition coefficient (Wildman–Crippen LogP) is 6.10. The van der Waals surface area contributed by atoms with E-state index in [9.17, 15) is 22.6 Å². The Balaban J connectivity index is 0.00000162. The topological polar surface area (TPSA) is 164 Å². The first kappa shape index (κ1) is 50.0. The van der Waals surface area contributed by atoms with Crippen LogP contribution in [0, 0.1) is 0 Å². The van der Waals surface area contributed by atoms with Crippen molar-refractivity contribution in [3.05, 3.63) is 102 Å². The molecule has 4 aromatic carbocycles. The van der Waals surface area contributed by atoms with E-state index >= 15 is 0 Å². The van der Waals surface area contributed by atoms with Gasteiger partial charge in [0.05, 0.1) is 18.6 Å². The monoisotopic (exact) mass is 952 g/mol. The van der Waals surface area contributed by atoms with Gasteiger partial charge in [0.1, 0.15) is 11.4 Å². The molecule has 0 saturated carbocycles. The number of hydrogen-bond acceptors (Lipinski definition) is 10. The van der Waals surface area contributed by atoms with E-state index in [0.29, 0.717) is 38.0 Å². The maximum absolute atomic E-state index is 12.4. The van der Waals surface area contributed by atoms with Crippen molar-refractivity contribution in [2.24, 2.45) is 0 Å². The Hall–Kier alpha value is -4.70. The lowest BCUT2D eigenvalue weighted by Crippen LogP contribution is -3.00. The molecule has 15 heteroatoms. The van der Waals surface area contributed by atoms with E-state index in [2.05, 4.69) is 91.8 Å². The number of carbonyl (C=O) groups excluding carboxylic acids is 2. The third kappa shape index (κ3) is 11.3. The summed E-state index contributed by atoms with van der Waals surface area (Å²) >= 11 is 0. The van der Waals surface area contributed by atoms with Crippen LogP contribution in [0.5, 0.6) is 0 Å². The first-order chi connectivity index (χ1) is 28.9. The maximum Gasteiger partial charge on any atom is 0.425 e. The van der Waals surface area contributed by atoms with Crippen LogP contribution in [-0.2, 0) is 50.6 Å². The molecule has 0 radical (unpaired) electrons. The maximum atomic E-state index is 12.4.